The van der Waals surface area contributed by atoms with Gasteiger partial charge >= 0.3 is 26.2 Å². The molecule has 0 aromatic carbocycles. The van der Waals surface area contributed by atoms with Crippen LogP contribution in [0.5, 0.6) is 0 Å². The van der Waals surface area contributed by atoms with Crippen LogP contribution in [0.1, 0.15) is 26.7 Å². The summed E-state index contributed by atoms with van der Waals surface area (Å²) in [5.74, 6) is 0. The van der Waals surface area contributed by atoms with E-state index in [0.29, 0.717) is 0 Å². The largest absolute Gasteiger partial charge is 4.00 e. The van der Waals surface area contributed by atoms with Gasteiger partial charge in [0.05, 0.1) is 0 Å². The third kappa shape index (κ3) is 36.6. The van der Waals surface area contributed by atoms with Crippen molar-refractivity contribution in [2.24, 2.45) is 0 Å². The first-order chi connectivity index (χ1) is 4.54. The fraction of sp³-hybridized carbons (Fsp3) is 1.00. The van der Waals surface area contributed by atoms with Crippen LogP contribution in [0.4, 0.5) is 0 Å². The molecule has 0 aromatic rings. The molecule has 0 heterocycles. The van der Waals surface area contributed by atoms with Gasteiger partial charge in [-0.25, -0.2) is 12.6 Å². The molecule has 0 amide bonds. The summed E-state index contributed by atoms with van der Waals surface area (Å²) in [6.45, 7) is 3.15. The van der Waals surface area contributed by atoms with Crippen LogP contribution in [-0.2, 0) is 26.2 Å². The van der Waals surface area contributed by atoms with Crippen molar-refractivity contribution < 1.29 is 46.6 Å². The molecule has 0 saturated carbocycles. The minimum Gasteiger partial charge on any atom is -0.865 e. The molecule has 5 heteroatoms. The summed E-state index contributed by atoms with van der Waals surface area (Å²) in [5.41, 5.74) is 0. The summed E-state index contributed by atoms with van der Waals surface area (Å²) >= 11 is 0. The smallest absolute Gasteiger partial charge is 0.865 e. The average molecular weight is 239 g/mol. The zero-order chi connectivity index (χ0) is 8.57. The summed E-state index contributed by atoms with van der Waals surface area (Å²) in [6.07, 6.45) is -2.84. The molecule has 0 aliphatic heterocycles. The summed E-state index contributed by atoms with van der Waals surface area (Å²) in [6, 6.07) is 0. The van der Waals surface area contributed by atoms with E-state index in [4.69, 9.17) is 0 Å². The third-order valence-electron chi connectivity index (χ3n) is 0.667. The predicted molar refractivity (Wildman–Crippen MR) is 28.2 cm³/mol. The zero-order valence-corrected chi connectivity index (χ0v) is 9.16. The van der Waals surface area contributed by atoms with Crippen LogP contribution in [0.2, 0.25) is 0 Å². The molecule has 0 fully saturated rings. The van der Waals surface area contributed by atoms with E-state index in [2.05, 4.69) is 0 Å². The van der Waals surface area contributed by atoms with E-state index in [1.165, 1.54) is 0 Å². The molecule has 0 aliphatic carbocycles. The van der Waals surface area contributed by atoms with Crippen molar-refractivity contribution in [1.82, 2.24) is 0 Å². The van der Waals surface area contributed by atoms with Crippen molar-refractivity contribution in [2.75, 3.05) is 0 Å². The first-order valence-electron chi connectivity index (χ1n) is 3.17. The van der Waals surface area contributed by atoms with Gasteiger partial charge in [-0.15, -0.1) is 0 Å². The quantitative estimate of drug-likeness (QED) is 0.477. The van der Waals surface area contributed by atoms with Crippen molar-refractivity contribution in [3.8, 4) is 0 Å². The van der Waals surface area contributed by atoms with Crippen LogP contribution < -0.4 is 20.4 Å². The first kappa shape index (κ1) is 17.7. The summed E-state index contributed by atoms with van der Waals surface area (Å²) in [4.78, 5) is 0. The zero-order valence-electron chi connectivity index (χ0n) is 6.70. The molecule has 64 valence electrons. The van der Waals surface area contributed by atoms with Crippen molar-refractivity contribution in [1.29, 1.82) is 0 Å². The van der Waals surface area contributed by atoms with Crippen LogP contribution in [0.15, 0.2) is 0 Å². The molecule has 0 N–H and O–H groups in total. The molecule has 0 unspecified atom stereocenters. The Bertz CT molecular complexity index is 50.5. The van der Waals surface area contributed by atoms with Gasteiger partial charge in [0.15, 0.2) is 0 Å². The molecule has 0 atom stereocenters. The second kappa shape index (κ2) is 13.3. The van der Waals surface area contributed by atoms with E-state index in [1.807, 2.05) is 0 Å². The molecule has 0 rings (SSSR count). The van der Waals surface area contributed by atoms with Gasteiger partial charge in [0.1, 0.15) is 0 Å². The minimum atomic E-state index is -1.62. The molecular weight excluding hydrogens is 227 g/mol. The molecule has 0 spiro atoms. The maximum Gasteiger partial charge on any atom is 4.00 e. The Hall–Kier alpha value is 0.723. The maximum absolute atomic E-state index is 9.34. The summed E-state index contributed by atoms with van der Waals surface area (Å²) in [7, 11) is 0. The van der Waals surface area contributed by atoms with Crippen molar-refractivity contribution >= 4 is 0 Å². The van der Waals surface area contributed by atoms with E-state index in [9.17, 15) is 20.4 Å². The molecule has 11 heavy (non-hydrogen) atoms. The van der Waals surface area contributed by atoms with Crippen molar-refractivity contribution in [3.05, 3.63) is 0 Å². The second-order valence-corrected chi connectivity index (χ2v) is 1.68. The van der Waals surface area contributed by atoms with Gasteiger partial charge in [-0.1, -0.05) is 26.7 Å². The van der Waals surface area contributed by atoms with Gasteiger partial charge in [-0.3, -0.25) is 0 Å². The Labute approximate surface area is 86.0 Å². The maximum atomic E-state index is 9.34. The van der Waals surface area contributed by atoms with Crippen LogP contribution in [0.25, 0.3) is 0 Å². The topological polar surface area (TPSA) is 92.2 Å². The van der Waals surface area contributed by atoms with Crippen LogP contribution in [0.3, 0.4) is 0 Å². The van der Waals surface area contributed by atoms with Crippen molar-refractivity contribution in [3.63, 3.8) is 0 Å². The molecule has 0 saturated heterocycles. The van der Waals surface area contributed by atoms with Gasteiger partial charge in [0, 0.05) is 0 Å². The van der Waals surface area contributed by atoms with E-state index >= 15 is 0 Å². The van der Waals surface area contributed by atoms with Crippen LogP contribution >= 0.6 is 0 Å². The Balaban J connectivity index is -0.000000107. The predicted octanol–water partition coefficient (Wildman–Crippen LogP) is -3.12. The fourth-order valence-electron chi connectivity index (χ4n) is 0. The Morgan fingerprint density at radius 1 is 0.818 bits per heavy atom. The van der Waals surface area contributed by atoms with E-state index < -0.39 is 12.6 Å². The van der Waals surface area contributed by atoms with E-state index in [0.717, 1.165) is 0 Å². The fourth-order valence-corrected chi connectivity index (χ4v) is 0. The number of rotatable bonds is 2. The van der Waals surface area contributed by atoms with Gasteiger partial charge < -0.3 is 20.4 Å². The number of hydrogen-bond acceptors (Lipinski definition) is 4. The Morgan fingerprint density at radius 2 is 0.909 bits per heavy atom. The van der Waals surface area contributed by atoms with Gasteiger partial charge in [0.2, 0.25) is 0 Å². The molecule has 0 bridgehead atoms. The average Bonchev–Trinajstić information content (AvgIpc) is 1.89. The minimum absolute atomic E-state index is 0. The molecule has 4 nitrogen and oxygen atoms in total. The summed E-state index contributed by atoms with van der Waals surface area (Å²) in [5, 5.41) is 37.4. The molecule has 0 aromatic heterocycles. The molecule has 0 radical (unpaired) electrons. The number of hydrogen-bond donors (Lipinski definition) is 0. The van der Waals surface area contributed by atoms with E-state index in [1.54, 1.807) is 13.8 Å². The molecular formula is C6H12O4Zr. The van der Waals surface area contributed by atoms with Crippen LogP contribution in [-0.4, -0.2) is 12.6 Å². The standard InChI is InChI=1S/2C3H6O2.Zr/c2*1-2-3(4)5;/h2*3H,2H2,1H3;/q2*-2;+4. The third-order valence-corrected chi connectivity index (χ3v) is 0.667. The SMILES string of the molecule is CCC([O-])[O-].CCC([O-])[O-].[Zr+4]. The van der Waals surface area contributed by atoms with E-state index in [-0.39, 0.29) is 39.0 Å². The normalized spacial score (nSPS) is 8.73. The molecule has 0 aliphatic rings. The Kier molecular flexibility index (Phi) is 21.5. The van der Waals surface area contributed by atoms with Crippen LogP contribution in [0, 0.1) is 0 Å². The van der Waals surface area contributed by atoms with Crippen molar-refractivity contribution in [2.45, 2.75) is 39.3 Å². The Morgan fingerprint density at radius 3 is 0.909 bits per heavy atom. The van der Waals surface area contributed by atoms with Gasteiger partial charge in [-0.2, -0.15) is 0 Å². The van der Waals surface area contributed by atoms with Gasteiger partial charge in [-0.05, 0) is 0 Å². The summed E-state index contributed by atoms with van der Waals surface area (Å²) < 4.78 is 0. The van der Waals surface area contributed by atoms with Gasteiger partial charge in [0.25, 0.3) is 0 Å². The first-order valence-corrected chi connectivity index (χ1v) is 3.17. The monoisotopic (exact) mass is 238 g/mol. The second-order valence-electron chi connectivity index (χ2n) is 1.68.